The van der Waals surface area contributed by atoms with Crippen molar-refractivity contribution in [2.75, 3.05) is 12.4 Å². The van der Waals surface area contributed by atoms with Crippen LogP contribution in [0.3, 0.4) is 0 Å². The third-order valence-corrected chi connectivity index (χ3v) is 4.19. The van der Waals surface area contributed by atoms with Crippen LogP contribution in [-0.4, -0.2) is 33.3 Å². The van der Waals surface area contributed by atoms with E-state index in [9.17, 15) is 4.79 Å². The van der Waals surface area contributed by atoms with E-state index in [1.807, 2.05) is 35.9 Å². The maximum absolute atomic E-state index is 10.6. The Labute approximate surface area is 137 Å². The average molecular weight is 321 g/mol. The van der Waals surface area contributed by atoms with E-state index in [1.165, 1.54) is 0 Å². The molecule has 0 saturated carbocycles. The molecule has 1 aromatic carbocycles. The van der Waals surface area contributed by atoms with E-state index < -0.39 is 0 Å². The molecule has 0 radical (unpaired) electrons. The minimum atomic E-state index is 0.519. The van der Waals surface area contributed by atoms with Crippen LogP contribution in [-0.2, 0) is 11.8 Å². The van der Waals surface area contributed by atoms with Gasteiger partial charge in [0.2, 0.25) is 6.41 Å². The number of hydrogen-bond donors (Lipinski definition) is 2. The Hall–Kier alpha value is -3.35. The summed E-state index contributed by atoms with van der Waals surface area (Å²) in [5.74, 6) is 1.26. The Bertz CT molecular complexity index is 1060. The molecule has 0 bridgehead atoms. The van der Waals surface area contributed by atoms with E-state index in [1.54, 1.807) is 19.5 Å². The normalized spacial score (nSPS) is 11.1. The molecule has 0 atom stereocenters. The van der Waals surface area contributed by atoms with Gasteiger partial charge in [-0.2, -0.15) is 5.10 Å². The average Bonchev–Trinajstić information content (AvgIpc) is 3.19. The van der Waals surface area contributed by atoms with Crippen LogP contribution in [0.5, 0.6) is 5.75 Å². The predicted octanol–water partition coefficient (Wildman–Crippen LogP) is 2.69. The van der Waals surface area contributed by atoms with Crippen molar-refractivity contribution in [3.63, 3.8) is 0 Å². The van der Waals surface area contributed by atoms with Crippen LogP contribution in [0.15, 0.2) is 36.7 Å². The summed E-state index contributed by atoms with van der Waals surface area (Å²) in [6.45, 7) is 0. The minimum absolute atomic E-state index is 0.519. The predicted molar refractivity (Wildman–Crippen MR) is 92.0 cm³/mol. The van der Waals surface area contributed by atoms with Gasteiger partial charge in [-0.15, -0.1) is 0 Å². The molecule has 0 fully saturated rings. The zero-order valence-electron chi connectivity index (χ0n) is 13.2. The van der Waals surface area contributed by atoms with Gasteiger partial charge in [-0.25, -0.2) is 4.98 Å². The molecular formula is C17H15N5O2. The zero-order valence-corrected chi connectivity index (χ0v) is 13.2. The van der Waals surface area contributed by atoms with Crippen molar-refractivity contribution in [3.05, 3.63) is 36.7 Å². The van der Waals surface area contributed by atoms with E-state index in [2.05, 4.69) is 20.5 Å². The fourth-order valence-corrected chi connectivity index (χ4v) is 3.03. The van der Waals surface area contributed by atoms with Crippen LogP contribution < -0.4 is 10.1 Å². The Morgan fingerprint density at radius 3 is 2.92 bits per heavy atom. The van der Waals surface area contributed by atoms with Crippen molar-refractivity contribution in [1.82, 2.24) is 19.7 Å². The van der Waals surface area contributed by atoms with Gasteiger partial charge >= 0.3 is 0 Å². The Morgan fingerprint density at radius 1 is 1.25 bits per heavy atom. The second-order valence-corrected chi connectivity index (χ2v) is 5.46. The molecule has 3 heterocycles. The molecule has 2 N–H and O–H groups in total. The summed E-state index contributed by atoms with van der Waals surface area (Å²) >= 11 is 0. The first-order valence-corrected chi connectivity index (χ1v) is 7.39. The van der Waals surface area contributed by atoms with E-state index >= 15 is 0 Å². The molecule has 0 unspecified atom stereocenters. The number of benzene rings is 1. The third kappa shape index (κ3) is 2.02. The first kappa shape index (κ1) is 14.3. The number of nitrogens with zero attached hydrogens (tertiary/aromatic N) is 3. The molecule has 0 saturated heterocycles. The number of amides is 1. The van der Waals surface area contributed by atoms with Gasteiger partial charge in [0.15, 0.2) is 5.75 Å². The van der Waals surface area contributed by atoms with Gasteiger partial charge in [-0.05, 0) is 18.2 Å². The number of aryl methyl sites for hydroxylation is 1. The summed E-state index contributed by atoms with van der Waals surface area (Å²) < 4.78 is 7.67. The molecule has 120 valence electrons. The number of fused-ring (bicyclic) bond motifs is 2. The molecule has 0 aliphatic carbocycles. The standard InChI is InChI=1S/C17H15N5O2/c1-22-13(5-11-6-15(19-9-23)18-8-14(11)22)12-4-3-10-7-20-21-16(10)17(12)24-2/h3-9H,1-2H3,(H,20,21)(H,18,19,23). The molecule has 7 nitrogen and oxygen atoms in total. The van der Waals surface area contributed by atoms with Crippen LogP contribution in [0.1, 0.15) is 0 Å². The molecular weight excluding hydrogens is 306 g/mol. The molecule has 3 aromatic heterocycles. The number of aromatic nitrogens is 4. The van der Waals surface area contributed by atoms with Gasteiger partial charge in [0.25, 0.3) is 0 Å². The summed E-state index contributed by atoms with van der Waals surface area (Å²) in [6.07, 6.45) is 4.13. The zero-order chi connectivity index (χ0) is 16.7. The van der Waals surface area contributed by atoms with Gasteiger partial charge in [0, 0.05) is 23.4 Å². The molecule has 0 aliphatic rings. The lowest BCUT2D eigenvalue weighted by Gasteiger charge is -2.10. The summed E-state index contributed by atoms with van der Waals surface area (Å²) in [6, 6.07) is 7.91. The fraction of sp³-hybridized carbons (Fsp3) is 0.118. The minimum Gasteiger partial charge on any atom is -0.494 e. The number of hydrogen-bond acceptors (Lipinski definition) is 4. The van der Waals surface area contributed by atoms with Crippen molar-refractivity contribution in [3.8, 4) is 17.0 Å². The van der Waals surface area contributed by atoms with Crippen molar-refractivity contribution in [2.24, 2.45) is 7.05 Å². The number of methoxy groups -OCH3 is 1. The lowest BCUT2D eigenvalue weighted by molar-refractivity contribution is -0.105. The highest BCUT2D eigenvalue weighted by Gasteiger charge is 2.16. The fourth-order valence-electron chi connectivity index (χ4n) is 3.03. The monoisotopic (exact) mass is 321 g/mol. The number of carbonyl (C=O) groups is 1. The summed E-state index contributed by atoms with van der Waals surface area (Å²) in [5, 5.41) is 11.6. The number of anilines is 1. The van der Waals surface area contributed by atoms with Gasteiger partial charge < -0.3 is 14.6 Å². The third-order valence-electron chi connectivity index (χ3n) is 4.19. The van der Waals surface area contributed by atoms with Gasteiger partial charge in [-0.3, -0.25) is 9.89 Å². The second-order valence-electron chi connectivity index (χ2n) is 5.46. The number of rotatable bonds is 4. The highest BCUT2D eigenvalue weighted by molar-refractivity contribution is 5.95. The summed E-state index contributed by atoms with van der Waals surface area (Å²) in [4.78, 5) is 14.8. The Morgan fingerprint density at radius 2 is 2.12 bits per heavy atom. The number of nitrogens with one attached hydrogen (secondary N) is 2. The molecule has 0 aliphatic heterocycles. The number of ether oxygens (including phenoxy) is 1. The van der Waals surface area contributed by atoms with Gasteiger partial charge in [0.1, 0.15) is 11.3 Å². The SMILES string of the molecule is COc1c(-c2cc3cc(NC=O)ncc3n2C)ccc2cn[nH]c12. The van der Waals surface area contributed by atoms with Crippen molar-refractivity contribution >= 4 is 34.0 Å². The molecule has 4 rings (SSSR count). The number of pyridine rings is 1. The lowest BCUT2D eigenvalue weighted by Crippen LogP contribution is -1.97. The Balaban J connectivity index is 1.96. The smallest absolute Gasteiger partial charge is 0.212 e. The topological polar surface area (TPSA) is 84.8 Å². The maximum Gasteiger partial charge on any atom is 0.212 e. The Kier molecular flexibility index (Phi) is 3.19. The first-order valence-electron chi connectivity index (χ1n) is 7.39. The largest absolute Gasteiger partial charge is 0.494 e. The van der Waals surface area contributed by atoms with E-state index in [0.717, 1.165) is 38.8 Å². The van der Waals surface area contributed by atoms with Crippen molar-refractivity contribution in [2.45, 2.75) is 0 Å². The highest BCUT2D eigenvalue weighted by atomic mass is 16.5. The van der Waals surface area contributed by atoms with Crippen LogP contribution in [0.25, 0.3) is 33.1 Å². The molecule has 0 spiro atoms. The van der Waals surface area contributed by atoms with Crippen LogP contribution in [0.2, 0.25) is 0 Å². The highest BCUT2D eigenvalue weighted by Crippen LogP contribution is 2.37. The quantitative estimate of drug-likeness (QED) is 0.566. The van der Waals surface area contributed by atoms with Crippen LogP contribution in [0.4, 0.5) is 5.82 Å². The van der Waals surface area contributed by atoms with Crippen LogP contribution in [0, 0.1) is 0 Å². The van der Waals surface area contributed by atoms with E-state index in [0.29, 0.717) is 12.2 Å². The van der Waals surface area contributed by atoms with Crippen molar-refractivity contribution < 1.29 is 9.53 Å². The molecule has 7 heteroatoms. The molecule has 1 amide bonds. The second kappa shape index (κ2) is 5.38. The first-order chi connectivity index (χ1) is 11.7. The lowest BCUT2D eigenvalue weighted by atomic mass is 10.1. The van der Waals surface area contributed by atoms with Gasteiger partial charge in [0.05, 0.1) is 30.7 Å². The van der Waals surface area contributed by atoms with E-state index in [4.69, 9.17) is 4.74 Å². The molecule has 4 aromatic rings. The van der Waals surface area contributed by atoms with Crippen LogP contribution >= 0.6 is 0 Å². The summed E-state index contributed by atoms with van der Waals surface area (Å²) in [5.41, 5.74) is 3.77. The van der Waals surface area contributed by atoms with Gasteiger partial charge in [-0.1, -0.05) is 6.07 Å². The van der Waals surface area contributed by atoms with E-state index in [-0.39, 0.29) is 0 Å². The number of carbonyl (C=O) groups excluding carboxylic acids is 1. The maximum atomic E-state index is 10.6. The van der Waals surface area contributed by atoms with Crippen molar-refractivity contribution in [1.29, 1.82) is 0 Å². The molecule has 24 heavy (non-hydrogen) atoms. The number of H-pyrrole nitrogens is 1. The summed E-state index contributed by atoms with van der Waals surface area (Å²) in [7, 11) is 3.62. The number of aromatic amines is 1.